The van der Waals surface area contributed by atoms with Gasteiger partial charge in [0.2, 0.25) is 0 Å². The molecule has 2 fully saturated rings. The number of likely N-dealkylation sites (tertiary alicyclic amines) is 1. The van der Waals surface area contributed by atoms with Crippen LogP contribution in [0, 0.1) is 0 Å². The molecule has 0 bridgehead atoms. The number of benzene rings is 2. The fourth-order valence-electron chi connectivity index (χ4n) is 6.29. The molecule has 3 aliphatic rings. The van der Waals surface area contributed by atoms with E-state index in [-0.39, 0.29) is 11.4 Å². The first kappa shape index (κ1) is 23.9. The lowest BCUT2D eigenvalue weighted by atomic mass is 9.92. The lowest BCUT2D eigenvalue weighted by Crippen LogP contribution is -2.60. The Morgan fingerprint density at radius 3 is 2.79 bits per heavy atom. The molecule has 1 unspecified atom stereocenters. The average Bonchev–Trinajstić information content (AvgIpc) is 3.47. The molecule has 39 heavy (non-hydrogen) atoms. The Kier molecular flexibility index (Phi) is 5.47. The number of hydrogen-bond donors (Lipinski definition) is 3. The van der Waals surface area contributed by atoms with E-state index < -0.39 is 6.23 Å². The normalized spacial score (nSPS) is 17.7. The second kappa shape index (κ2) is 8.93. The number of aliphatic hydroxyl groups is 1. The molecule has 4 aromatic rings. The molecule has 3 aliphatic heterocycles. The Balaban J connectivity index is 1.34. The van der Waals surface area contributed by atoms with E-state index in [1.165, 1.54) is 6.08 Å². The molecule has 0 saturated carbocycles. The zero-order valence-corrected chi connectivity index (χ0v) is 21.8. The van der Waals surface area contributed by atoms with E-state index in [0.717, 1.165) is 69.9 Å². The van der Waals surface area contributed by atoms with Crippen molar-refractivity contribution in [1.82, 2.24) is 19.4 Å². The first-order valence-corrected chi connectivity index (χ1v) is 13.3. The van der Waals surface area contributed by atoms with Crippen molar-refractivity contribution in [2.75, 3.05) is 30.4 Å². The van der Waals surface area contributed by atoms with Crippen LogP contribution < -0.4 is 10.6 Å². The van der Waals surface area contributed by atoms with Gasteiger partial charge in [0.25, 0.3) is 5.91 Å². The van der Waals surface area contributed by atoms with Gasteiger partial charge in [0.1, 0.15) is 24.0 Å². The molecule has 2 aromatic heterocycles. The lowest BCUT2D eigenvalue weighted by Gasteiger charge is -2.45. The number of amides is 1. The van der Waals surface area contributed by atoms with E-state index >= 15 is 0 Å². The van der Waals surface area contributed by atoms with Crippen molar-refractivity contribution in [3.63, 3.8) is 0 Å². The predicted octanol–water partition coefficient (Wildman–Crippen LogP) is 4.15. The Labute approximate surface area is 226 Å². The van der Waals surface area contributed by atoms with Gasteiger partial charge in [-0.2, -0.15) is 0 Å². The third kappa shape index (κ3) is 3.65. The number of carbonyl (C=O) groups excluding carboxylic acids is 1. The van der Waals surface area contributed by atoms with E-state index in [0.29, 0.717) is 25.3 Å². The van der Waals surface area contributed by atoms with Crippen LogP contribution in [0.2, 0.25) is 0 Å². The third-order valence-electron chi connectivity index (χ3n) is 8.31. The molecular weight excluding hydrogens is 492 g/mol. The SMILES string of the molecule is C=CC(O)Nc1ccc(-c2c3c4c(ncnc4n2C)NCc2cc(C(=O)N4CCCC45COC5)ccc2-3)cc1. The van der Waals surface area contributed by atoms with Gasteiger partial charge < -0.3 is 29.9 Å². The molecule has 3 N–H and O–H groups in total. The summed E-state index contributed by atoms with van der Waals surface area (Å²) in [6.45, 7) is 6.20. The minimum absolute atomic E-state index is 0.0726. The quantitative estimate of drug-likeness (QED) is 0.267. The van der Waals surface area contributed by atoms with Crippen LogP contribution >= 0.6 is 0 Å². The van der Waals surface area contributed by atoms with Crippen molar-refractivity contribution in [3.8, 4) is 22.4 Å². The summed E-state index contributed by atoms with van der Waals surface area (Å²) in [5.41, 5.74) is 7.35. The fraction of sp³-hybridized carbons (Fsp3) is 0.300. The second-order valence-corrected chi connectivity index (χ2v) is 10.6. The largest absolute Gasteiger partial charge is 0.376 e. The first-order valence-electron chi connectivity index (χ1n) is 13.3. The van der Waals surface area contributed by atoms with Crippen molar-refractivity contribution in [2.24, 2.45) is 7.05 Å². The Hall–Kier alpha value is -4.21. The monoisotopic (exact) mass is 522 g/mol. The van der Waals surface area contributed by atoms with Crippen LogP contribution in [-0.4, -0.2) is 62.0 Å². The maximum atomic E-state index is 13.7. The number of aryl methyl sites for hydroxylation is 1. The summed E-state index contributed by atoms with van der Waals surface area (Å²) in [7, 11) is 2.01. The molecule has 1 amide bonds. The summed E-state index contributed by atoms with van der Waals surface area (Å²) in [6.07, 6.45) is 4.23. The highest BCUT2D eigenvalue weighted by molar-refractivity contribution is 6.10. The van der Waals surface area contributed by atoms with Gasteiger partial charge in [-0.05, 0) is 59.9 Å². The highest BCUT2D eigenvalue weighted by atomic mass is 16.5. The van der Waals surface area contributed by atoms with Crippen LogP contribution in [0.4, 0.5) is 11.5 Å². The number of rotatable bonds is 5. The average molecular weight is 523 g/mol. The van der Waals surface area contributed by atoms with E-state index in [4.69, 9.17) is 4.74 Å². The van der Waals surface area contributed by atoms with E-state index in [1.54, 1.807) is 6.33 Å². The van der Waals surface area contributed by atoms with Crippen molar-refractivity contribution in [1.29, 1.82) is 0 Å². The molecule has 2 saturated heterocycles. The number of hydrogen-bond acceptors (Lipinski definition) is 7. The van der Waals surface area contributed by atoms with Crippen molar-refractivity contribution >= 4 is 28.4 Å². The summed E-state index contributed by atoms with van der Waals surface area (Å²) in [6, 6.07) is 14.0. The maximum absolute atomic E-state index is 13.7. The highest BCUT2D eigenvalue weighted by Crippen LogP contribution is 2.46. The number of nitrogens with zero attached hydrogens (tertiary/aromatic N) is 4. The van der Waals surface area contributed by atoms with E-state index in [2.05, 4.69) is 37.8 Å². The zero-order chi connectivity index (χ0) is 26.7. The van der Waals surface area contributed by atoms with Crippen LogP contribution in [0.3, 0.4) is 0 Å². The van der Waals surface area contributed by atoms with Crippen LogP contribution in [0.25, 0.3) is 33.4 Å². The number of anilines is 2. The van der Waals surface area contributed by atoms with Crippen LogP contribution in [-0.2, 0) is 18.3 Å². The third-order valence-corrected chi connectivity index (χ3v) is 8.31. The second-order valence-electron chi connectivity index (χ2n) is 10.6. The van der Waals surface area contributed by atoms with Crippen molar-refractivity contribution in [3.05, 3.63) is 72.6 Å². The molecule has 1 spiro atoms. The summed E-state index contributed by atoms with van der Waals surface area (Å²) < 4.78 is 7.60. The van der Waals surface area contributed by atoms with Gasteiger partial charge in [0.15, 0.2) is 0 Å². The number of aliphatic hydroxyl groups excluding tert-OH is 1. The van der Waals surface area contributed by atoms with Gasteiger partial charge in [-0.3, -0.25) is 4.79 Å². The number of ether oxygens (including phenoxy) is 1. The van der Waals surface area contributed by atoms with Gasteiger partial charge in [-0.1, -0.05) is 24.8 Å². The topological polar surface area (TPSA) is 105 Å². The molecule has 7 rings (SSSR count). The van der Waals surface area contributed by atoms with Crippen molar-refractivity contribution < 1.29 is 14.6 Å². The van der Waals surface area contributed by atoms with E-state index in [1.807, 2.05) is 48.3 Å². The molecular formula is C30H30N6O3. The fourth-order valence-corrected chi connectivity index (χ4v) is 6.29. The number of fused-ring (bicyclic) bond motifs is 2. The Bertz CT molecular complexity index is 1620. The minimum Gasteiger partial charge on any atom is -0.376 e. The van der Waals surface area contributed by atoms with Crippen molar-refractivity contribution in [2.45, 2.75) is 31.2 Å². The molecule has 0 radical (unpaired) electrons. The Morgan fingerprint density at radius 2 is 2.05 bits per heavy atom. The molecule has 0 aliphatic carbocycles. The summed E-state index contributed by atoms with van der Waals surface area (Å²) >= 11 is 0. The molecule has 5 heterocycles. The van der Waals surface area contributed by atoms with Gasteiger partial charge in [0, 0.05) is 37.0 Å². The number of aromatic nitrogens is 3. The molecule has 2 aromatic carbocycles. The smallest absolute Gasteiger partial charge is 0.254 e. The molecule has 9 heteroatoms. The molecule has 198 valence electrons. The van der Waals surface area contributed by atoms with E-state index in [9.17, 15) is 9.90 Å². The van der Waals surface area contributed by atoms with Crippen LogP contribution in [0.15, 0.2) is 61.4 Å². The summed E-state index contributed by atoms with van der Waals surface area (Å²) in [4.78, 5) is 24.9. The van der Waals surface area contributed by atoms with Gasteiger partial charge in [-0.25, -0.2) is 9.97 Å². The summed E-state index contributed by atoms with van der Waals surface area (Å²) in [5, 5.41) is 17.3. The van der Waals surface area contributed by atoms with Crippen LogP contribution in [0.5, 0.6) is 0 Å². The first-order chi connectivity index (χ1) is 19.0. The zero-order valence-electron chi connectivity index (χ0n) is 21.8. The van der Waals surface area contributed by atoms with Gasteiger partial charge in [0.05, 0.1) is 29.8 Å². The van der Waals surface area contributed by atoms with Crippen LogP contribution in [0.1, 0.15) is 28.8 Å². The lowest BCUT2D eigenvalue weighted by molar-refractivity contribution is -0.109. The summed E-state index contributed by atoms with van der Waals surface area (Å²) in [5.74, 6) is 0.849. The predicted molar refractivity (Wildman–Crippen MR) is 150 cm³/mol. The number of carbonyl (C=O) groups is 1. The van der Waals surface area contributed by atoms with Gasteiger partial charge >= 0.3 is 0 Å². The standard InChI is InChI=1S/C30H30N6O3/c1-3-23(37)34-21-8-5-18(6-9-21)26-24-22-10-7-19(29(38)36-12-4-11-30(36)15-39-16-30)13-20(22)14-31-27-25(24)28(35(26)2)33-17-32-27/h3,5-10,13,17,23,34,37H,1,4,11-12,14-16H2,2H3,(H,31,32,33). The number of nitrogens with one attached hydrogen (secondary N) is 2. The minimum atomic E-state index is -0.821. The molecule has 1 atom stereocenters. The maximum Gasteiger partial charge on any atom is 0.254 e. The highest BCUT2D eigenvalue weighted by Gasteiger charge is 2.49. The Morgan fingerprint density at radius 1 is 1.23 bits per heavy atom. The molecule has 9 nitrogen and oxygen atoms in total. The van der Waals surface area contributed by atoms with Gasteiger partial charge in [-0.15, -0.1) is 0 Å².